The van der Waals surface area contributed by atoms with Crippen LogP contribution in [0.3, 0.4) is 0 Å². The van der Waals surface area contributed by atoms with Crippen LogP contribution < -0.4 is 18.9 Å². The van der Waals surface area contributed by atoms with E-state index in [1.54, 1.807) is 46.6 Å². The Hall–Kier alpha value is -3.15. The lowest BCUT2D eigenvalue weighted by molar-refractivity contribution is -0.136. The van der Waals surface area contributed by atoms with Crippen LogP contribution in [0.25, 0.3) is 11.8 Å². The van der Waals surface area contributed by atoms with E-state index in [4.69, 9.17) is 23.7 Å². The molecule has 6 heteroatoms. The van der Waals surface area contributed by atoms with Crippen LogP contribution in [0.15, 0.2) is 30.3 Å². The zero-order valence-electron chi connectivity index (χ0n) is 15.1. The van der Waals surface area contributed by atoms with Crippen LogP contribution in [0.1, 0.15) is 16.7 Å². The lowest BCUT2D eigenvalue weighted by Crippen LogP contribution is -2.16. The molecule has 0 bridgehead atoms. The Morgan fingerprint density at radius 1 is 0.846 bits per heavy atom. The fourth-order valence-electron chi connectivity index (χ4n) is 2.87. The molecule has 0 atom stereocenters. The van der Waals surface area contributed by atoms with Crippen LogP contribution in [0.5, 0.6) is 23.0 Å². The average Bonchev–Trinajstić information content (AvgIpc) is 2.66. The van der Waals surface area contributed by atoms with Crippen molar-refractivity contribution in [2.75, 3.05) is 28.4 Å². The zero-order valence-corrected chi connectivity index (χ0v) is 15.1. The van der Waals surface area contributed by atoms with E-state index < -0.39 is 0 Å². The van der Waals surface area contributed by atoms with Crippen molar-refractivity contribution in [3.63, 3.8) is 0 Å². The molecule has 0 saturated heterocycles. The number of ether oxygens (including phenoxy) is 5. The minimum atomic E-state index is -0.323. The summed E-state index contributed by atoms with van der Waals surface area (Å²) in [5.74, 6) is 2.49. The second kappa shape index (κ2) is 7.39. The monoisotopic (exact) mass is 356 g/mol. The molecule has 0 unspecified atom stereocenters. The molecule has 0 aromatic heterocycles. The van der Waals surface area contributed by atoms with E-state index in [1.807, 2.05) is 18.2 Å². The van der Waals surface area contributed by atoms with Gasteiger partial charge in [0.25, 0.3) is 0 Å². The first-order valence-electron chi connectivity index (χ1n) is 7.99. The maximum atomic E-state index is 12.0. The molecule has 0 saturated carbocycles. The normalized spacial score (nSPS) is 14.5. The van der Waals surface area contributed by atoms with E-state index in [9.17, 15) is 4.79 Å². The first kappa shape index (κ1) is 17.7. The van der Waals surface area contributed by atoms with E-state index in [-0.39, 0.29) is 12.4 Å². The van der Waals surface area contributed by atoms with E-state index in [0.29, 0.717) is 28.8 Å². The number of benzene rings is 2. The molecule has 0 N–H and O–H groups in total. The number of fused-ring (bicyclic) bond motifs is 1. The van der Waals surface area contributed by atoms with Crippen molar-refractivity contribution in [2.24, 2.45) is 0 Å². The summed E-state index contributed by atoms with van der Waals surface area (Å²) >= 11 is 0. The number of rotatable bonds is 5. The first-order valence-corrected chi connectivity index (χ1v) is 7.99. The highest BCUT2D eigenvalue weighted by atomic mass is 16.5. The van der Waals surface area contributed by atoms with Crippen LogP contribution in [0.2, 0.25) is 0 Å². The van der Waals surface area contributed by atoms with Crippen LogP contribution in [0.4, 0.5) is 0 Å². The molecular formula is C20H20O6. The highest BCUT2D eigenvalue weighted by Crippen LogP contribution is 2.38. The van der Waals surface area contributed by atoms with E-state index in [0.717, 1.165) is 16.7 Å². The summed E-state index contributed by atoms with van der Waals surface area (Å²) in [7, 11) is 6.28. The maximum Gasteiger partial charge on any atom is 0.315 e. The highest BCUT2D eigenvalue weighted by molar-refractivity contribution is 5.92. The fourth-order valence-corrected chi connectivity index (χ4v) is 2.87. The summed E-state index contributed by atoms with van der Waals surface area (Å²) in [5.41, 5.74) is 2.43. The van der Waals surface area contributed by atoms with Gasteiger partial charge >= 0.3 is 5.97 Å². The molecule has 2 aromatic carbocycles. The summed E-state index contributed by atoms with van der Waals surface area (Å²) in [5, 5.41) is 0. The predicted molar refractivity (Wildman–Crippen MR) is 96.8 cm³/mol. The molecule has 3 rings (SSSR count). The van der Waals surface area contributed by atoms with Crippen molar-refractivity contribution >= 4 is 17.8 Å². The zero-order chi connectivity index (χ0) is 18.7. The molecule has 0 spiro atoms. The SMILES string of the molecule is COc1ccc(/C=C2/OC(=O)Cc3cc(OC)c(OC)cc32)cc1OC. The minimum absolute atomic E-state index is 0.180. The predicted octanol–water partition coefficient (Wildman–Crippen LogP) is 3.32. The Kier molecular flexibility index (Phi) is 5.02. The molecule has 1 aliphatic rings. The van der Waals surface area contributed by atoms with Crippen molar-refractivity contribution < 1.29 is 28.5 Å². The van der Waals surface area contributed by atoms with Crippen molar-refractivity contribution in [3.8, 4) is 23.0 Å². The van der Waals surface area contributed by atoms with Gasteiger partial charge in [-0.3, -0.25) is 4.79 Å². The van der Waals surface area contributed by atoms with Crippen LogP contribution in [-0.2, 0) is 16.0 Å². The van der Waals surface area contributed by atoms with Crippen molar-refractivity contribution in [3.05, 3.63) is 47.0 Å². The lowest BCUT2D eigenvalue weighted by Gasteiger charge is -2.21. The van der Waals surface area contributed by atoms with E-state index >= 15 is 0 Å². The van der Waals surface area contributed by atoms with Gasteiger partial charge in [-0.15, -0.1) is 0 Å². The first-order chi connectivity index (χ1) is 12.6. The lowest BCUT2D eigenvalue weighted by atomic mass is 9.98. The fraction of sp³-hybridized carbons (Fsp3) is 0.250. The number of hydrogen-bond donors (Lipinski definition) is 0. The largest absolute Gasteiger partial charge is 0.493 e. The molecule has 2 aromatic rings. The minimum Gasteiger partial charge on any atom is -0.493 e. The maximum absolute atomic E-state index is 12.0. The summed E-state index contributed by atoms with van der Waals surface area (Å²) in [6.45, 7) is 0. The van der Waals surface area contributed by atoms with Gasteiger partial charge in [-0.25, -0.2) is 0 Å². The molecule has 136 valence electrons. The second-order valence-corrected chi connectivity index (χ2v) is 5.64. The van der Waals surface area contributed by atoms with E-state index in [1.165, 1.54) is 0 Å². The topological polar surface area (TPSA) is 63.2 Å². The molecule has 1 heterocycles. The van der Waals surface area contributed by atoms with Gasteiger partial charge in [0.05, 0.1) is 34.9 Å². The Balaban J connectivity index is 2.09. The standard InChI is InChI=1S/C20H20O6/c1-22-15-6-5-12(8-17(15)23-2)7-16-14-11-19(25-4)18(24-3)9-13(14)10-20(21)26-16/h5-9,11H,10H2,1-4H3/b16-7+. The van der Waals surface area contributed by atoms with Crippen LogP contribution in [0, 0.1) is 0 Å². The number of methoxy groups -OCH3 is 4. The number of carbonyl (C=O) groups is 1. The van der Waals surface area contributed by atoms with Gasteiger partial charge in [0.1, 0.15) is 5.76 Å². The molecule has 6 nitrogen and oxygen atoms in total. The third-order valence-electron chi connectivity index (χ3n) is 4.14. The van der Waals surface area contributed by atoms with Gasteiger partial charge in [-0.05, 0) is 41.5 Å². The van der Waals surface area contributed by atoms with Crippen LogP contribution >= 0.6 is 0 Å². The number of esters is 1. The molecular weight excluding hydrogens is 336 g/mol. The van der Waals surface area contributed by atoms with Gasteiger partial charge in [0.15, 0.2) is 23.0 Å². The average molecular weight is 356 g/mol. The smallest absolute Gasteiger partial charge is 0.315 e. The third kappa shape index (κ3) is 3.31. The van der Waals surface area contributed by atoms with Gasteiger partial charge in [0.2, 0.25) is 0 Å². The molecule has 0 amide bonds. The van der Waals surface area contributed by atoms with Crippen LogP contribution in [-0.4, -0.2) is 34.4 Å². The van der Waals surface area contributed by atoms with Crippen molar-refractivity contribution in [1.82, 2.24) is 0 Å². The summed E-state index contributed by atoms with van der Waals surface area (Å²) < 4.78 is 26.7. The van der Waals surface area contributed by atoms with Gasteiger partial charge in [-0.1, -0.05) is 6.07 Å². The number of cyclic esters (lactones) is 1. The Bertz CT molecular complexity index is 869. The summed E-state index contributed by atoms with van der Waals surface area (Å²) in [4.78, 5) is 12.0. The Morgan fingerprint density at radius 2 is 1.46 bits per heavy atom. The quantitative estimate of drug-likeness (QED) is 0.766. The van der Waals surface area contributed by atoms with Gasteiger partial charge in [-0.2, -0.15) is 0 Å². The molecule has 0 aliphatic carbocycles. The van der Waals surface area contributed by atoms with E-state index in [2.05, 4.69) is 0 Å². The highest BCUT2D eigenvalue weighted by Gasteiger charge is 2.24. The van der Waals surface area contributed by atoms with Crippen molar-refractivity contribution in [1.29, 1.82) is 0 Å². The third-order valence-corrected chi connectivity index (χ3v) is 4.14. The summed E-state index contributed by atoms with van der Waals surface area (Å²) in [6, 6.07) is 9.08. The Morgan fingerprint density at radius 3 is 2.12 bits per heavy atom. The van der Waals surface area contributed by atoms with Crippen molar-refractivity contribution in [2.45, 2.75) is 6.42 Å². The second-order valence-electron chi connectivity index (χ2n) is 5.64. The number of hydrogen-bond acceptors (Lipinski definition) is 6. The van der Waals surface area contributed by atoms with Gasteiger partial charge < -0.3 is 23.7 Å². The summed E-state index contributed by atoms with van der Waals surface area (Å²) in [6.07, 6.45) is 1.96. The number of carbonyl (C=O) groups excluding carboxylic acids is 1. The molecule has 26 heavy (non-hydrogen) atoms. The Labute approximate surface area is 151 Å². The molecule has 0 fully saturated rings. The molecule has 0 radical (unpaired) electrons. The van der Waals surface area contributed by atoms with Gasteiger partial charge in [0, 0.05) is 5.56 Å². The molecule has 1 aliphatic heterocycles.